The van der Waals surface area contributed by atoms with Gasteiger partial charge in [-0.1, -0.05) is 48.5 Å². The van der Waals surface area contributed by atoms with E-state index in [4.69, 9.17) is 9.05 Å². The van der Waals surface area contributed by atoms with Gasteiger partial charge in [-0.15, -0.1) is 0 Å². The maximum Gasteiger partial charge on any atom is 0.472 e. The first-order valence-corrected chi connectivity index (χ1v) is 12.7. The minimum absolute atomic E-state index is 0.0642. The Bertz CT molecular complexity index is 1100. The monoisotopic (exact) mass is 470 g/mol. The molecule has 1 unspecified atom stereocenters. The van der Waals surface area contributed by atoms with Crippen molar-refractivity contribution in [2.75, 3.05) is 13.2 Å². The van der Waals surface area contributed by atoms with Crippen molar-refractivity contribution in [1.29, 1.82) is 0 Å². The number of benzene rings is 2. The smallest absolute Gasteiger partial charge is 0.356 e. The lowest BCUT2D eigenvalue weighted by Gasteiger charge is -2.14. The number of carbonyl (C=O) groups excluding carboxylic acids is 1. The number of carbonyl (C=O) groups is 1. The summed E-state index contributed by atoms with van der Waals surface area (Å²) in [7, 11) is -3.98. The molecule has 176 valence electrons. The zero-order valence-electron chi connectivity index (χ0n) is 19.1. The molecule has 0 saturated heterocycles. The first-order valence-electron chi connectivity index (χ1n) is 11.2. The van der Waals surface area contributed by atoms with Crippen LogP contribution in [0.1, 0.15) is 38.7 Å². The largest absolute Gasteiger partial charge is 0.472 e. The SMILES string of the molecule is CC(C)OP(=O)(O)OCCCCCNC(=O)Cc1cnc2ccccc2c1-c1ccccc1. The van der Waals surface area contributed by atoms with E-state index < -0.39 is 7.82 Å². The maximum absolute atomic E-state index is 12.6. The summed E-state index contributed by atoms with van der Waals surface area (Å²) in [6.07, 6.45) is 3.76. The number of para-hydroxylation sites is 1. The molecule has 0 aliphatic rings. The van der Waals surface area contributed by atoms with Gasteiger partial charge in [-0.25, -0.2) is 4.57 Å². The van der Waals surface area contributed by atoms with E-state index in [0.717, 1.165) is 40.4 Å². The van der Waals surface area contributed by atoms with Crippen molar-refractivity contribution in [1.82, 2.24) is 10.3 Å². The number of nitrogens with one attached hydrogen (secondary N) is 1. The molecule has 0 bridgehead atoms. The summed E-state index contributed by atoms with van der Waals surface area (Å²) in [5.41, 5.74) is 3.87. The van der Waals surface area contributed by atoms with Crippen LogP contribution in [-0.4, -0.2) is 35.0 Å². The molecule has 2 aromatic carbocycles. The summed E-state index contributed by atoms with van der Waals surface area (Å²) in [6, 6.07) is 18.0. The van der Waals surface area contributed by atoms with Gasteiger partial charge in [0, 0.05) is 18.1 Å². The van der Waals surface area contributed by atoms with E-state index >= 15 is 0 Å². The Labute approximate surface area is 194 Å². The van der Waals surface area contributed by atoms with Crippen LogP contribution in [0.3, 0.4) is 0 Å². The number of amides is 1. The average molecular weight is 471 g/mol. The third-order valence-electron chi connectivity index (χ3n) is 5.01. The number of pyridine rings is 1. The van der Waals surface area contributed by atoms with Gasteiger partial charge in [-0.05, 0) is 55.9 Å². The highest BCUT2D eigenvalue weighted by molar-refractivity contribution is 7.47. The number of rotatable bonds is 12. The Morgan fingerprint density at radius 3 is 2.55 bits per heavy atom. The zero-order valence-corrected chi connectivity index (χ0v) is 20.0. The Morgan fingerprint density at radius 2 is 1.79 bits per heavy atom. The van der Waals surface area contributed by atoms with Crippen LogP contribution < -0.4 is 5.32 Å². The van der Waals surface area contributed by atoms with E-state index in [0.29, 0.717) is 13.0 Å². The van der Waals surface area contributed by atoms with Gasteiger partial charge in [0.15, 0.2) is 0 Å². The van der Waals surface area contributed by atoms with E-state index in [-0.39, 0.29) is 25.0 Å². The number of phosphoric ester groups is 1. The fourth-order valence-electron chi connectivity index (χ4n) is 3.61. The fraction of sp³-hybridized carbons (Fsp3) is 0.360. The minimum Gasteiger partial charge on any atom is -0.356 e. The Kier molecular flexibility index (Phi) is 9.15. The van der Waals surface area contributed by atoms with Gasteiger partial charge in [0.1, 0.15) is 0 Å². The van der Waals surface area contributed by atoms with Crippen LogP contribution in [0.5, 0.6) is 0 Å². The molecule has 0 aliphatic heterocycles. The van der Waals surface area contributed by atoms with Crippen molar-refractivity contribution in [3.8, 4) is 11.1 Å². The highest BCUT2D eigenvalue weighted by Crippen LogP contribution is 2.44. The van der Waals surface area contributed by atoms with Gasteiger partial charge in [0.05, 0.1) is 24.6 Å². The summed E-state index contributed by atoms with van der Waals surface area (Å²) in [6.45, 7) is 4.01. The topological polar surface area (TPSA) is 97.8 Å². The van der Waals surface area contributed by atoms with E-state index in [1.54, 1.807) is 20.0 Å². The number of hydrogen-bond acceptors (Lipinski definition) is 5. The van der Waals surface area contributed by atoms with Crippen molar-refractivity contribution in [3.05, 3.63) is 66.4 Å². The highest BCUT2D eigenvalue weighted by Gasteiger charge is 2.22. The normalized spacial score (nSPS) is 13.2. The number of aromatic nitrogens is 1. The second kappa shape index (κ2) is 12.1. The molecule has 0 saturated carbocycles. The molecule has 7 nitrogen and oxygen atoms in total. The van der Waals surface area contributed by atoms with E-state index in [2.05, 4.69) is 10.3 Å². The molecule has 2 N–H and O–H groups in total. The van der Waals surface area contributed by atoms with Crippen molar-refractivity contribution in [2.45, 2.75) is 45.6 Å². The summed E-state index contributed by atoms with van der Waals surface area (Å²) < 4.78 is 21.4. The summed E-state index contributed by atoms with van der Waals surface area (Å²) >= 11 is 0. The quantitative estimate of drug-likeness (QED) is 0.276. The van der Waals surface area contributed by atoms with Gasteiger partial charge in [-0.2, -0.15) is 0 Å². The lowest BCUT2D eigenvalue weighted by atomic mass is 9.95. The van der Waals surface area contributed by atoms with E-state index in [1.165, 1.54) is 0 Å². The second-order valence-electron chi connectivity index (χ2n) is 8.08. The molecule has 1 heterocycles. The van der Waals surface area contributed by atoms with Gasteiger partial charge in [-0.3, -0.25) is 18.8 Å². The summed E-state index contributed by atoms with van der Waals surface area (Å²) in [4.78, 5) is 26.7. The molecule has 3 aromatic rings. The van der Waals surface area contributed by atoms with Crippen LogP contribution in [0.15, 0.2) is 60.8 Å². The molecular formula is C25H31N2O5P. The molecule has 0 fully saturated rings. The first kappa shape index (κ1) is 25.1. The summed E-state index contributed by atoms with van der Waals surface area (Å²) in [5, 5.41) is 3.98. The average Bonchev–Trinajstić information content (AvgIpc) is 2.78. The summed E-state index contributed by atoms with van der Waals surface area (Å²) in [5.74, 6) is -0.0642. The van der Waals surface area contributed by atoms with Crippen LogP contribution in [0.25, 0.3) is 22.0 Å². The predicted molar refractivity (Wildman–Crippen MR) is 130 cm³/mol. The molecule has 3 rings (SSSR count). The number of hydrogen-bond donors (Lipinski definition) is 2. The van der Waals surface area contributed by atoms with Crippen molar-refractivity contribution >= 4 is 24.6 Å². The third-order valence-corrected chi connectivity index (χ3v) is 6.21. The molecule has 1 aromatic heterocycles. The van der Waals surface area contributed by atoms with Crippen molar-refractivity contribution < 1.29 is 23.3 Å². The maximum atomic E-state index is 12.6. The van der Waals surface area contributed by atoms with E-state index in [1.807, 2.05) is 54.6 Å². The Balaban J connectivity index is 1.51. The van der Waals surface area contributed by atoms with E-state index in [9.17, 15) is 14.3 Å². The molecule has 0 spiro atoms. The molecule has 1 amide bonds. The van der Waals surface area contributed by atoms with Gasteiger partial charge >= 0.3 is 7.82 Å². The second-order valence-corrected chi connectivity index (χ2v) is 9.49. The van der Waals surface area contributed by atoms with Crippen LogP contribution in [0.4, 0.5) is 0 Å². The Hall–Kier alpha value is -2.57. The number of nitrogens with zero attached hydrogens (tertiary/aromatic N) is 1. The van der Waals surface area contributed by atoms with Crippen LogP contribution in [-0.2, 0) is 24.8 Å². The van der Waals surface area contributed by atoms with Gasteiger partial charge in [0.25, 0.3) is 0 Å². The molecule has 0 aliphatic carbocycles. The molecule has 0 radical (unpaired) electrons. The molecule has 1 atom stereocenters. The first-order chi connectivity index (χ1) is 15.9. The van der Waals surface area contributed by atoms with Crippen molar-refractivity contribution in [2.24, 2.45) is 0 Å². The van der Waals surface area contributed by atoms with Crippen LogP contribution in [0, 0.1) is 0 Å². The van der Waals surface area contributed by atoms with Crippen molar-refractivity contribution in [3.63, 3.8) is 0 Å². The lowest BCUT2D eigenvalue weighted by molar-refractivity contribution is -0.120. The molecule has 33 heavy (non-hydrogen) atoms. The predicted octanol–water partition coefficient (Wildman–Crippen LogP) is 5.27. The molecular weight excluding hydrogens is 439 g/mol. The lowest BCUT2D eigenvalue weighted by Crippen LogP contribution is -2.26. The minimum atomic E-state index is -3.98. The van der Waals surface area contributed by atoms with Crippen LogP contribution in [0.2, 0.25) is 0 Å². The fourth-order valence-corrected chi connectivity index (χ4v) is 4.56. The zero-order chi connectivity index (χ0) is 23.7. The van der Waals surface area contributed by atoms with Gasteiger partial charge < -0.3 is 10.2 Å². The Morgan fingerprint density at radius 1 is 1.06 bits per heavy atom. The van der Waals surface area contributed by atoms with Gasteiger partial charge in [0.2, 0.25) is 5.91 Å². The third kappa shape index (κ3) is 7.76. The molecule has 8 heteroatoms. The number of fused-ring (bicyclic) bond motifs is 1. The highest BCUT2D eigenvalue weighted by atomic mass is 31.2. The van der Waals surface area contributed by atoms with Crippen LogP contribution >= 0.6 is 7.82 Å². The number of phosphoric acid groups is 1. The standard InChI is InChI=1S/C25H31N2O5P/c1-19(2)32-33(29,30)31-16-10-4-9-15-26-24(28)17-21-18-27-23-14-8-7-13-22(23)25(21)20-11-5-3-6-12-20/h3,5-8,11-14,18-19H,4,9-10,15-17H2,1-2H3,(H,26,28)(H,29,30). The number of unbranched alkanes of at least 4 members (excludes halogenated alkanes) is 2.